The van der Waals surface area contributed by atoms with Crippen molar-refractivity contribution in [2.75, 3.05) is 25.0 Å². The number of anilines is 1. The van der Waals surface area contributed by atoms with Crippen LogP contribution in [0.5, 0.6) is 0 Å². The Bertz CT molecular complexity index is 1100. The topological polar surface area (TPSA) is 92.8 Å². The second-order valence-corrected chi connectivity index (χ2v) is 10.6. The molecule has 0 unspecified atom stereocenters. The Hall–Kier alpha value is -2.97. The maximum Gasteiger partial charge on any atom is 0.331 e. The van der Waals surface area contributed by atoms with Gasteiger partial charge in [-0.2, -0.15) is 4.31 Å². The Morgan fingerprint density at radius 3 is 2.18 bits per heavy atom. The number of ether oxygens (including phenoxy) is 1. The first-order chi connectivity index (χ1) is 16.3. The number of hydrogen-bond acceptors (Lipinski definition) is 5. The van der Waals surface area contributed by atoms with Crippen molar-refractivity contribution < 1.29 is 22.7 Å². The molecule has 0 bridgehead atoms. The monoisotopic (exact) mass is 484 g/mol. The second kappa shape index (κ2) is 11.9. The molecule has 0 radical (unpaired) electrons. The molecular weight excluding hydrogens is 452 g/mol. The summed E-state index contributed by atoms with van der Waals surface area (Å²) in [7, 11) is -3.51. The van der Waals surface area contributed by atoms with Crippen LogP contribution in [-0.2, 0) is 24.3 Å². The highest BCUT2D eigenvalue weighted by atomic mass is 32.2. The average Bonchev–Trinajstić information content (AvgIpc) is 3.12. The van der Waals surface area contributed by atoms with Gasteiger partial charge in [0.15, 0.2) is 6.61 Å². The summed E-state index contributed by atoms with van der Waals surface area (Å²) in [5.74, 6) is -0.689. The summed E-state index contributed by atoms with van der Waals surface area (Å²) < 4.78 is 32.2. The van der Waals surface area contributed by atoms with Gasteiger partial charge in [0.1, 0.15) is 0 Å². The number of benzene rings is 2. The first-order valence-corrected chi connectivity index (χ1v) is 13.0. The van der Waals surface area contributed by atoms with Crippen molar-refractivity contribution in [2.45, 2.75) is 50.3 Å². The molecule has 1 fully saturated rings. The van der Waals surface area contributed by atoms with E-state index in [1.54, 1.807) is 28.6 Å². The van der Waals surface area contributed by atoms with E-state index < -0.39 is 28.5 Å². The SMILES string of the molecule is CC(C)c1ccc(NC(=O)COC(=O)C=Cc2ccc(S(=O)(=O)N3CCCCCC3)cc2)cc1. The molecule has 34 heavy (non-hydrogen) atoms. The molecule has 0 spiro atoms. The standard InChI is InChI=1S/C26H32N2O5S/c1-20(2)22-10-12-23(13-11-22)27-25(29)19-33-26(30)16-9-21-7-14-24(15-8-21)34(31,32)28-17-5-3-4-6-18-28/h7-16,20H,3-6,17-19H2,1-2H3,(H,27,29). The van der Waals surface area contributed by atoms with Gasteiger partial charge in [0.2, 0.25) is 10.0 Å². The van der Waals surface area contributed by atoms with E-state index in [-0.39, 0.29) is 4.90 Å². The molecule has 182 valence electrons. The van der Waals surface area contributed by atoms with Crippen molar-refractivity contribution in [3.8, 4) is 0 Å². The summed E-state index contributed by atoms with van der Waals surface area (Å²) in [6.45, 7) is 4.88. The number of hydrogen-bond donors (Lipinski definition) is 1. The van der Waals surface area contributed by atoms with E-state index in [1.165, 1.54) is 17.7 Å². The van der Waals surface area contributed by atoms with Gasteiger partial charge >= 0.3 is 5.97 Å². The summed E-state index contributed by atoms with van der Waals surface area (Å²) in [6, 6.07) is 13.9. The molecule has 2 aromatic carbocycles. The fraction of sp³-hybridized carbons (Fsp3) is 0.385. The number of sulfonamides is 1. The normalized spacial score (nSPS) is 15.3. The van der Waals surface area contributed by atoms with Gasteiger partial charge in [0.25, 0.3) is 5.91 Å². The van der Waals surface area contributed by atoms with Crippen LogP contribution in [0.25, 0.3) is 6.08 Å². The summed E-state index contributed by atoms with van der Waals surface area (Å²) in [6.07, 6.45) is 6.60. The average molecular weight is 485 g/mol. The Morgan fingerprint density at radius 1 is 0.971 bits per heavy atom. The highest BCUT2D eigenvalue weighted by molar-refractivity contribution is 7.89. The third-order valence-corrected chi connectivity index (χ3v) is 7.61. The van der Waals surface area contributed by atoms with Crippen molar-refractivity contribution in [1.82, 2.24) is 4.31 Å². The molecule has 0 atom stereocenters. The quantitative estimate of drug-likeness (QED) is 0.438. The summed E-state index contributed by atoms with van der Waals surface area (Å²) in [4.78, 5) is 24.2. The van der Waals surface area contributed by atoms with E-state index in [9.17, 15) is 18.0 Å². The number of carbonyl (C=O) groups is 2. The largest absolute Gasteiger partial charge is 0.452 e. The predicted octanol–water partition coefficient (Wildman–Crippen LogP) is 4.57. The maximum absolute atomic E-state index is 12.8. The minimum absolute atomic E-state index is 0.243. The molecule has 0 saturated carbocycles. The van der Waals surface area contributed by atoms with Crippen molar-refractivity contribution in [1.29, 1.82) is 0 Å². The summed E-state index contributed by atoms with van der Waals surface area (Å²) >= 11 is 0. The molecule has 1 amide bonds. The maximum atomic E-state index is 12.8. The van der Waals surface area contributed by atoms with E-state index in [1.807, 2.05) is 24.3 Å². The highest BCUT2D eigenvalue weighted by Gasteiger charge is 2.24. The minimum atomic E-state index is -3.51. The molecule has 7 nitrogen and oxygen atoms in total. The van der Waals surface area contributed by atoms with Crippen LogP contribution in [0.3, 0.4) is 0 Å². The Kier molecular flexibility index (Phi) is 9.01. The van der Waals surface area contributed by atoms with E-state index >= 15 is 0 Å². The van der Waals surface area contributed by atoms with Crippen LogP contribution in [-0.4, -0.2) is 44.3 Å². The Morgan fingerprint density at radius 2 is 1.59 bits per heavy atom. The molecule has 1 N–H and O–H groups in total. The number of nitrogens with zero attached hydrogens (tertiary/aromatic N) is 1. The zero-order valence-electron chi connectivity index (χ0n) is 19.7. The van der Waals surface area contributed by atoms with E-state index in [0.29, 0.717) is 30.3 Å². The number of rotatable bonds is 8. The highest BCUT2D eigenvalue weighted by Crippen LogP contribution is 2.21. The van der Waals surface area contributed by atoms with Crippen LogP contribution in [0.2, 0.25) is 0 Å². The Balaban J connectivity index is 1.49. The molecule has 8 heteroatoms. The van der Waals surface area contributed by atoms with Crippen molar-refractivity contribution in [3.63, 3.8) is 0 Å². The van der Waals surface area contributed by atoms with Gasteiger partial charge in [-0.15, -0.1) is 0 Å². The van der Waals surface area contributed by atoms with Crippen LogP contribution in [0.15, 0.2) is 59.5 Å². The van der Waals surface area contributed by atoms with Crippen LogP contribution in [0.1, 0.15) is 56.6 Å². The lowest BCUT2D eigenvalue weighted by Gasteiger charge is -2.19. The second-order valence-electron chi connectivity index (χ2n) is 8.65. The first kappa shape index (κ1) is 25.6. The Labute approximate surface area is 201 Å². The van der Waals surface area contributed by atoms with Gasteiger partial charge in [-0.05, 0) is 60.2 Å². The van der Waals surface area contributed by atoms with E-state index in [4.69, 9.17) is 4.74 Å². The summed E-state index contributed by atoms with van der Waals surface area (Å²) in [5.41, 5.74) is 2.46. The molecule has 0 aromatic heterocycles. The lowest BCUT2D eigenvalue weighted by molar-refractivity contribution is -0.142. The smallest absolute Gasteiger partial charge is 0.331 e. The van der Waals surface area contributed by atoms with Crippen LogP contribution in [0, 0.1) is 0 Å². The van der Waals surface area contributed by atoms with E-state index in [2.05, 4.69) is 19.2 Å². The van der Waals surface area contributed by atoms with Crippen molar-refractivity contribution in [3.05, 3.63) is 65.7 Å². The fourth-order valence-corrected chi connectivity index (χ4v) is 5.20. The molecule has 1 saturated heterocycles. The van der Waals surface area contributed by atoms with Gasteiger partial charge < -0.3 is 10.1 Å². The van der Waals surface area contributed by atoms with Gasteiger partial charge in [-0.25, -0.2) is 13.2 Å². The third-order valence-electron chi connectivity index (χ3n) is 5.70. The lowest BCUT2D eigenvalue weighted by atomic mass is 10.0. The van der Waals surface area contributed by atoms with Gasteiger partial charge in [0, 0.05) is 24.9 Å². The zero-order valence-corrected chi connectivity index (χ0v) is 20.5. The van der Waals surface area contributed by atoms with Gasteiger partial charge in [0.05, 0.1) is 4.90 Å². The van der Waals surface area contributed by atoms with Gasteiger partial charge in [-0.1, -0.05) is 51.0 Å². The predicted molar refractivity (Wildman–Crippen MR) is 133 cm³/mol. The molecule has 1 aliphatic heterocycles. The zero-order chi connectivity index (χ0) is 24.6. The molecule has 1 aliphatic rings. The van der Waals surface area contributed by atoms with E-state index in [0.717, 1.165) is 25.7 Å². The number of nitrogens with one attached hydrogen (secondary N) is 1. The number of amides is 1. The first-order valence-electron chi connectivity index (χ1n) is 11.6. The van der Waals surface area contributed by atoms with Crippen LogP contribution in [0.4, 0.5) is 5.69 Å². The van der Waals surface area contributed by atoms with Crippen molar-refractivity contribution in [2.24, 2.45) is 0 Å². The third kappa shape index (κ3) is 7.27. The van der Waals surface area contributed by atoms with Crippen LogP contribution < -0.4 is 5.32 Å². The molecule has 2 aromatic rings. The van der Waals surface area contributed by atoms with Crippen molar-refractivity contribution >= 4 is 33.7 Å². The number of esters is 1. The summed E-state index contributed by atoms with van der Waals surface area (Å²) in [5, 5.41) is 2.69. The molecule has 0 aliphatic carbocycles. The fourth-order valence-electron chi connectivity index (χ4n) is 3.68. The number of carbonyl (C=O) groups excluding carboxylic acids is 2. The lowest BCUT2D eigenvalue weighted by Crippen LogP contribution is -2.31. The minimum Gasteiger partial charge on any atom is -0.452 e. The van der Waals surface area contributed by atoms with Gasteiger partial charge in [-0.3, -0.25) is 4.79 Å². The molecular formula is C26H32N2O5S. The molecule has 3 rings (SSSR count). The van der Waals surface area contributed by atoms with Crippen LogP contribution >= 0.6 is 0 Å². The molecule has 1 heterocycles.